The van der Waals surface area contributed by atoms with Crippen LogP contribution >= 0.6 is 11.8 Å². The lowest BCUT2D eigenvalue weighted by atomic mass is 9.85. The highest BCUT2D eigenvalue weighted by Gasteiger charge is 2.28. The second-order valence-electron chi connectivity index (χ2n) is 6.49. The van der Waals surface area contributed by atoms with E-state index in [4.69, 9.17) is 10.5 Å². The van der Waals surface area contributed by atoms with Gasteiger partial charge in [0.1, 0.15) is 5.75 Å². The van der Waals surface area contributed by atoms with Gasteiger partial charge in [0.15, 0.2) is 11.0 Å². The molecule has 0 bridgehead atoms. The van der Waals surface area contributed by atoms with Crippen LogP contribution in [0, 0.1) is 5.92 Å². The van der Waals surface area contributed by atoms with E-state index in [0.717, 1.165) is 28.7 Å². The number of amides is 1. The van der Waals surface area contributed by atoms with Gasteiger partial charge in [-0.1, -0.05) is 31.5 Å². The highest BCUT2D eigenvalue weighted by Crippen LogP contribution is 2.39. The summed E-state index contributed by atoms with van der Waals surface area (Å²) in [5.41, 5.74) is 6.31. The first kappa shape index (κ1) is 17.8. The number of thioether (sulfide) groups is 1. The smallest absolute Gasteiger partial charge is 0.227 e. The van der Waals surface area contributed by atoms with Crippen molar-refractivity contribution in [3.63, 3.8) is 0 Å². The van der Waals surface area contributed by atoms with Crippen LogP contribution < -0.4 is 10.5 Å². The van der Waals surface area contributed by atoms with Crippen molar-refractivity contribution in [2.75, 3.05) is 12.9 Å². The maximum atomic E-state index is 11.2. The number of nitrogens with zero attached hydrogens (tertiary/aromatic N) is 3. The summed E-state index contributed by atoms with van der Waals surface area (Å²) in [6.45, 7) is 2.28. The van der Waals surface area contributed by atoms with Crippen molar-refractivity contribution in [3.8, 4) is 17.1 Å². The lowest BCUT2D eigenvalue weighted by Gasteiger charge is -2.31. The first-order valence-electron chi connectivity index (χ1n) is 8.60. The molecule has 0 unspecified atom stereocenters. The van der Waals surface area contributed by atoms with Crippen molar-refractivity contribution in [2.45, 2.75) is 43.8 Å². The molecule has 1 aromatic heterocycles. The summed E-state index contributed by atoms with van der Waals surface area (Å²) in [6, 6.07) is 8.19. The van der Waals surface area contributed by atoms with Crippen LogP contribution in [0.15, 0.2) is 29.4 Å². The Bertz CT molecular complexity index is 729. The van der Waals surface area contributed by atoms with Crippen LogP contribution in [0.25, 0.3) is 11.4 Å². The molecule has 1 aliphatic rings. The Hall–Kier alpha value is -2.02. The van der Waals surface area contributed by atoms with Gasteiger partial charge in [-0.05, 0) is 43.0 Å². The number of primary amides is 1. The van der Waals surface area contributed by atoms with E-state index in [0.29, 0.717) is 12.0 Å². The third-order valence-corrected chi connectivity index (χ3v) is 5.72. The second kappa shape index (κ2) is 7.91. The highest BCUT2D eigenvalue weighted by atomic mass is 32.2. The predicted octanol–water partition coefficient (Wildman–Crippen LogP) is 3.28. The SMILES string of the molecule is COc1ccc(-c2nnc(SCC(N)=O)n2[C@H]2CCCC[C@H]2C)cc1. The summed E-state index contributed by atoms with van der Waals surface area (Å²) in [6.07, 6.45) is 4.77. The van der Waals surface area contributed by atoms with E-state index in [9.17, 15) is 4.79 Å². The molecule has 2 N–H and O–H groups in total. The number of benzene rings is 1. The molecule has 1 heterocycles. The molecular formula is C18H24N4O2S. The number of aromatic nitrogens is 3. The Morgan fingerprint density at radius 1 is 1.28 bits per heavy atom. The minimum Gasteiger partial charge on any atom is -0.497 e. The average Bonchev–Trinajstić information content (AvgIpc) is 3.04. The number of methoxy groups -OCH3 is 1. The average molecular weight is 360 g/mol. The lowest BCUT2D eigenvalue weighted by Crippen LogP contribution is -2.23. The van der Waals surface area contributed by atoms with E-state index < -0.39 is 0 Å². The van der Waals surface area contributed by atoms with Gasteiger partial charge in [-0.15, -0.1) is 10.2 Å². The summed E-state index contributed by atoms with van der Waals surface area (Å²) in [5.74, 6) is 2.07. The molecule has 134 valence electrons. The summed E-state index contributed by atoms with van der Waals surface area (Å²) in [5, 5.41) is 9.55. The zero-order valence-electron chi connectivity index (χ0n) is 14.6. The molecule has 1 aliphatic carbocycles. The number of carbonyl (C=O) groups is 1. The third kappa shape index (κ3) is 3.98. The molecule has 6 nitrogen and oxygen atoms in total. The van der Waals surface area contributed by atoms with Gasteiger partial charge in [-0.25, -0.2) is 0 Å². The molecule has 0 saturated heterocycles. The first-order chi connectivity index (χ1) is 12.1. The second-order valence-corrected chi connectivity index (χ2v) is 7.43. The Balaban J connectivity index is 1.99. The van der Waals surface area contributed by atoms with Crippen molar-refractivity contribution in [2.24, 2.45) is 11.7 Å². The molecule has 0 spiro atoms. The van der Waals surface area contributed by atoms with Crippen LogP contribution in [-0.4, -0.2) is 33.5 Å². The third-order valence-electron chi connectivity index (χ3n) is 4.75. The molecule has 2 atom stereocenters. The molecule has 3 rings (SSSR count). The zero-order chi connectivity index (χ0) is 17.8. The van der Waals surface area contributed by atoms with Crippen LogP contribution in [0.3, 0.4) is 0 Å². The fourth-order valence-corrected chi connectivity index (χ4v) is 4.16. The minimum atomic E-state index is -0.345. The van der Waals surface area contributed by atoms with E-state index in [1.807, 2.05) is 24.3 Å². The van der Waals surface area contributed by atoms with E-state index >= 15 is 0 Å². The van der Waals surface area contributed by atoms with Gasteiger partial charge in [0.2, 0.25) is 5.91 Å². The monoisotopic (exact) mass is 360 g/mol. The van der Waals surface area contributed by atoms with Gasteiger partial charge in [0.05, 0.1) is 12.9 Å². The number of nitrogens with two attached hydrogens (primary N) is 1. The van der Waals surface area contributed by atoms with E-state index in [-0.39, 0.29) is 11.7 Å². The first-order valence-corrected chi connectivity index (χ1v) is 9.59. The normalized spacial score (nSPS) is 20.4. The molecular weight excluding hydrogens is 336 g/mol. The van der Waals surface area contributed by atoms with Gasteiger partial charge in [-0.2, -0.15) is 0 Å². The number of hydrogen-bond donors (Lipinski definition) is 1. The zero-order valence-corrected chi connectivity index (χ0v) is 15.5. The molecule has 1 amide bonds. The molecule has 1 aromatic carbocycles. The molecule has 25 heavy (non-hydrogen) atoms. The van der Waals surface area contributed by atoms with E-state index in [1.165, 1.54) is 31.0 Å². The number of rotatable bonds is 6. The van der Waals surface area contributed by atoms with Crippen molar-refractivity contribution in [3.05, 3.63) is 24.3 Å². The highest BCUT2D eigenvalue weighted by molar-refractivity contribution is 7.99. The van der Waals surface area contributed by atoms with Crippen LogP contribution in [0.2, 0.25) is 0 Å². The lowest BCUT2D eigenvalue weighted by molar-refractivity contribution is -0.115. The van der Waals surface area contributed by atoms with Gasteiger partial charge < -0.3 is 10.5 Å². The number of hydrogen-bond acceptors (Lipinski definition) is 5. The fourth-order valence-electron chi connectivity index (χ4n) is 3.43. The molecule has 1 saturated carbocycles. The van der Waals surface area contributed by atoms with Crippen LogP contribution in [0.4, 0.5) is 0 Å². The van der Waals surface area contributed by atoms with Crippen LogP contribution in [0.1, 0.15) is 38.6 Å². The molecule has 0 aliphatic heterocycles. The molecule has 7 heteroatoms. The largest absolute Gasteiger partial charge is 0.497 e. The van der Waals surface area contributed by atoms with Crippen molar-refractivity contribution in [1.82, 2.24) is 14.8 Å². The summed E-state index contributed by atoms with van der Waals surface area (Å²) in [4.78, 5) is 11.2. The van der Waals surface area contributed by atoms with Crippen molar-refractivity contribution >= 4 is 17.7 Å². The maximum Gasteiger partial charge on any atom is 0.227 e. The number of carbonyl (C=O) groups excluding carboxylic acids is 1. The quantitative estimate of drug-likeness (QED) is 0.799. The van der Waals surface area contributed by atoms with Crippen molar-refractivity contribution in [1.29, 1.82) is 0 Å². The van der Waals surface area contributed by atoms with Crippen molar-refractivity contribution < 1.29 is 9.53 Å². The van der Waals surface area contributed by atoms with E-state index in [2.05, 4.69) is 21.7 Å². The minimum absolute atomic E-state index is 0.210. The number of ether oxygens (including phenoxy) is 1. The Kier molecular flexibility index (Phi) is 5.63. The fraction of sp³-hybridized carbons (Fsp3) is 0.500. The van der Waals surface area contributed by atoms with Gasteiger partial charge in [0, 0.05) is 11.6 Å². The van der Waals surface area contributed by atoms with Gasteiger partial charge in [0.25, 0.3) is 0 Å². The predicted molar refractivity (Wildman–Crippen MR) is 98.6 cm³/mol. The molecule has 1 fully saturated rings. The van der Waals surface area contributed by atoms with Gasteiger partial charge in [-0.3, -0.25) is 9.36 Å². The Labute approximate surface area is 152 Å². The maximum absolute atomic E-state index is 11.2. The molecule has 2 aromatic rings. The topological polar surface area (TPSA) is 83.0 Å². The van der Waals surface area contributed by atoms with E-state index in [1.54, 1.807) is 7.11 Å². The van der Waals surface area contributed by atoms with Crippen LogP contribution in [0.5, 0.6) is 5.75 Å². The summed E-state index contributed by atoms with van der Waals surface area (Å²) >= 11 is 1.36. The Morgan fingerprint density at radius 2 is 2.00 bits per heavy atom. The Morgan fingerprint density at radius 3 is 2.64 bits per heavy atom. The van der Waals surface area contributed by atoms with Crippen LogP contribution in [-0.2, 0) is 4.79 Å². The molecule has 0 radical (unpaired) electrons. The summed E-state index contributed by atoms with van der Waals surface area (Å²) < 4.78 is 7.45. The summed E-state index contributed by atoms with van der Waals surface area (Å²) in [7, 11) is 1.65. The van der Waals surface area contributed by atoms with Gasteiger partial charge >= 0.3 is 0 Å². The standard InChI is InChI=1S/C18H24N4O2S/c1-12-5-3-4-6-15(12)22-17(13-7-9-14(24-2)10-8-13)20-21-18(22)25-11-16(19)23/h7-10,12,15H,3-6,11H2,1-2H3,(H2,19,23)/t12-,15+/m1/s1.